The van der Waals surface area contributed by atoms with Gasteiger partial charge in [0.25, 0.3) is 0 Å². The van der Waals surface area contributed by atoms with Gasteiger partial charge in [-0.3, -0.25) is 9.69 Å². The SMILES string of the molecule is Cc1cccc(N2CCN(CC(=O)Nc3ccc(F)cc3F)CC2)c1C. The van der Waals surface area contributed by atoms with Crippen LogP contribution in [0.3, 0.4) is 0 Å². The summed E-state index contributed by atoms with van der Waals surface area (Å²) in [7, 11) is 0. The minimum Gasteiger partial charge on any atom is -0.369 e. The van der Waals surface area contributed by atoms with E-state index >= 15 is 0 Å². The Kier molecular flexibility index (Phi) is 5.52. The molecule has 26 heavy (non-hydrogen) atoms. The van der Waals surface area contributed by atoms with E-state index in [1.54, 1.807) is 0 Å². The molecule has 1 aliphatic rings. The van der Waals surface area contributed by atoms with Gasteiger partial charge in [0.05, 0.1) is 12.2 Å². The zero-order valence-electron chi connectivity index (χ0n) is 15.1. The molecule has 2 aromatic carbocycles. The van der Waals surface area contributed by atoms with Crippen molar-refractivity contribution < 1.29 is 13.6 Å². The molecule has 1 N–H and O–H groups in total. The first-order valence-electron chi connectivity index (χ1n) is 8.72. The highest BCUT2D eigenvalue weighted by molar-refractivity contribution is 5.92. The fraction of sp³-hybridized carbons (Fsp3) is 0.350. The second-order valence-electron chi connectivity index (χ2n) is 6.65. The molecule has 6 heteroatoms. The van der Waals surface area contributed by atoms with E-state index in [4.69, 9.17) is 0 Å². The zero-order valence-corrected chi connectivity index (χ0v) is 15.1. The van der Waals surface area contributed by atoms with Crippen LogP contribution in [0.5, 0.6) is 0 Å². The van der Waals surface area contributed by atoms with E-state index in [-0.39, 0.29) is 18.1 Å². The van der Waals surface area contributed by atoms with Crippen LogP contribution in [-0.4, -0.2) is 43.5 Å². The maximum atomic E-state index is 13.6. The van der Waals surface area contributed by atoms with Gasteiger partial charge in [-0.05, 0) is 43.2 Å². The number of hydrogen-bond acceptors (Lipinski definition) is 3. The highest BCUT2D eigenvalue weighted by Gasteiger charge is 2.21. The van der Waals surface area contributed by atoms with Crippen LogP contribution in [0.4, 0.5) is 20.2 Å². The van der Waals surface area contributed by atoms with Crippen molar-refractivity contribution >= 4 is 17.3 Å². The Bertz CT molecular complexity index is 802. The zero-order chi connectivity index (χ0) is 18.7. The molecule has 3 rings (SSSR count). The van der Waals surface area contributed by atoms with Gasteiger partial charge in [-0.1, -0.05) is 12.1 Å². The highest BCUT2D eigenvalue weighted by Crippen LogP contribution is 2.24. The summed E-state index contributed by atoms with van der Waals surface area (Å²) in [5.41, 5.74) is 3.80. The molecular formula is C20H23F2N3O. The largest absolute Gasteiger partial charge is 0.369 e. The van der Waals surface area contributed by atoms with Crippen molar-refractivity contribution in [3.8, 4) is 0 Å². The van der Waals surface area contributed by atoms with Crippen LogP contribution in [0.2, 0.25) is 0 Å². The molecule has 1 amide bonds. The summed E-state index contributed by atoms with van der Waals surface area (Å²) in [5, 5.41) is 2.51. The summed E-state index contributed by atoms with van der Waals surface area (Å²) in [5.74, 6) is -1.73. The van der Waals surface area contributed by atoms with Gasteiger partial charge >= 0.3 is 0 Å². The minimum atomic E-state index is -0.766. The molecule has 0 aromatic heterocycles. The first kappa shape index (κ1) is 18.3. The summed E-state index contributed by atoms with van der Waals surface area (Å²) in [6.07, 6.45) is 0. The Morgan fingerprint density at radius 1 is 1.08 bits per heavy atom. The Balaban J connectivity index is 1.53. The number of aryl methyl sites for hydroxylation is 1. The lowest BCUT2D eigenvalue weighted by atomic mass is 10.1. The fourth-order valence-corrected chi connectivity index (χ4v) is 3.21. The van der Waals surface area contributed by atoms with Crippen LogP contribution >= 0.6 is 0 Å². The van der Waals surface area contributed by atoms with E-state index in [9.17, 15) is 13.6 Å². The van der Waals surface area contributed by atoms with Crippen LogP contribution in [0.25, 0.3) is 0 Å². The molecule has 138 valence electrons. The minimum absolute atomic E-state index is 0.00502. The molecule has 4 nitrogen and oxygen atoms in total. The van der Waals surface area contributed by atoms with E-state index in [1.807, 2.05) is 4.90 Å². The first-order chi connectivity index (χ1) is 12.4. The third-order valence-corrected chi connectivity index (χ3v) is 4.86. The number of piperazine rings is 1. The van der Waals surface area contributed by atoms with E-state index in [2.05, 4.69) is 42.3 Å². The van der Waals surface area contributed by atoms with Crippen LogP contribution < -0.4 is 10.2 Å². The molecule has 2 aromatic rings. The van der Waals surface area contributed by atoms with E-state index < -0.39 is 11.6 Å². The average molecular weight is 359 g/mol. The Labute approximate surface area is 152 Å². The van der Waals surface area contributed by atoms with Gasteiger partial charge in [0.15, 0.2) is 0 Å². The molecule has 1 heterocycles. The molecule has 0 unspecified atom stereocenters. The van der Waals surface area contributed by atoms with Crippen molar-refractivity contribution in [2.45, 2.75) is 13.8 Å². The predicted molar refractivity (Wildman–Crippen MR) is 99.6 cm³/mol. The third kappa shape index (κ3) is 4.19. The lowest BCUT2D eigenvalue weighted by Gasteiger charge is -2.36. The van der Waals surface area contributed by atoms with Crippen LogP contribution in [0, 0.1) is 25.5 Å². The summed E-state index contributed by atoms with van der Waals surface area (Å²) < 4.78 is 26.5. The lowest BCUT2D eigenvalue weighted by molar-refractivity contribution is -0.117. The fourth-order valence-electron chi connectivity index (χ4n) is 3.21. The molecule has 0 spiro atoms. The van der Waals surface area contributed by atoms with Gasteiger partial charge in [-0.25, -0.2) is 8.78 Å². The molecule has 1 fully saturated rings. The molecule has 0 atom stereocenters. The number of carbonyl (C=O) groups excluding carboxylic acids is 1. The topological polar surface area (TPSA) is 35.6 Å². The number of nitrogens with one attached hydrogen (secondary N) is 1. The maximum absolute atomic E-state index is 13.6. The monoisotopic (exact) mass is 359 g/mol. The van der Waals surface area contributed by atoms with Crippen LogP contribution in [0.1, 0.15) is 11.1 Å². The number of hydrogen-bond donors (Lipinski definition) is 1. The van der Waals surface area contributed by atoms with Gasteiger partial charge in [0.1, 0.15) is 11.6 Å². The highest BCUT2D eigenvalue weighted by atomic mass is 19.1. The van der Waals surface area contributed by atoms with Gasteiger partial charge < -0.3 is 10.2 Å². The lowest BCUT2D eigenvalue weighted by Crippen LogP contribution is -2.48. The van der Waals surface area contributed by atoms with Crippen molar-refractivity contribution in [2.24, 2.45) is 0 Å². The van der Waals surface area contributed by atoms with Crippen molar-refractivity contribution in [2.75, 3.05) is 42.9 Å². The first-order valence-corrected chi connectivity index (χ1v) is 8.72. The van der Waals surface area contributed by atoms with Gasteiger partial charge in [0, 0.05) is 37.9 Å². The van der Waals surface area contributed by atoms with Crippen molar-refractivity contribution in [1.82, 2.24) is 4.90 Å². The molecule has 0 saturated carbocycles. The number of halogens is 2. The average Bonchev–Trinajstić information content (AvgIpc) is 2.61. The summed E-state index contributed by atoms with van der Waals surface area (Å²) in [4.78, 5) is 16.5. The predicted octanol–water partition coefficient (Wildman–Crippen LogP) is 3.34. The van der Waals surface area contributed by atoms with E-state index in [0.29, 0.717) is 0 Å². The number of amides is 1. The number of benzene rings is 2. The Morgan fingerprint density at radius 3 is 2.50 bits per heavy atom. The summed E-state index contributed by atoms with van der Waals surface area (Å²) >= 11 is 0. The van der Waals surface area contributed by atoms with Crippen LogP contribution in [0.15, 0.2) is 36.4 Å². The Hall–Kier alpha value is -2.47. The Morgan fingerprint density at radius 2 is 1.81 bits per heavy atom. The van der Waals surface area contributed by atoms with Crippen molar-refractivity contribution in [3.05, 3.63) is 59.2 Å². The molecular weight excluding hydrogens is 336 g/mol. The maximum Gasteiger partial charge on any atom is 0.238 e. The van der Waals surface area contributed by atoms with Gasteiger partial charge in [-0.15, -0.1) is 0 Å². The second kappa shape index (κ2) is 7.83. The van der Waals surface area contributed by atoms with Gasteiger partial charge in [0.2, 0.25) is 5.91 Å². The summed E-state index contributed by atoms with van der Waals surface area (Å²) in [6.45, 7) is 7.61. The van der Waals surface area contributed by atoms with E-state index in [1.165, 1.54) is 22.9 Å². The number of rotatable bonds is 4. The molecule has 0 bridgehead atoms. The smallest absolute Gasteiger partial charge is 0.238 e. The molecule has 1 aliphatic heterocycles. The molecule has 0 radical (unpaired) electrons. The third-order valence-electron chi connectivity index (χ3n) is 4.86. The van der Waals surface area contributed by atoms with Crippen LogP contribution in [-0.2, 0) is 4.79 Å². The molecule has 0 aliphatic carbocycles. The quantitative estimate of drug-likeness (QED) is 0.909. The van der Waals surface area contributed by atoms with Crippen molar-refractivity contribution in [1.29, 1.82) is 0 Å². The van der Waals surface area contributed by atoms with Gasteiger partial charge in [-0.2, -0.15) is 0 Å². The van der Waals surface area contributed by atoms with Crippen molar-refractivity contribution in [3.63, 3.8) is 0 Å². The standard InChI is InChI=1S/C20H23F2N3O/c1-14-4-3-5-19(15(14)2)25-10-8-24(9-11-25)13-20(26)23-18-7-6-16(21)12-17(18)22/h3-7,12H,8-11,13H2,1-2H3,(H,23,26). The number of anilines is 2. The number of carbonyl (C=O) groups is 1. The second-order valence-corrected chi connectivity index (χ2v) is 6.65. The normalized spacial score (nSPS) is 15.2. The molecule has 1 saturated heterocycles. The van der Waals surface area contributed by atoms with E-state index in [0.717, 1.165) is 38.3 Å². The summed E-state index contributed by atoms with van der Waals surface area (Å²) in [6, 6.07) is 9.42. The number of nitrogens with zero attached hydrogens (tertiary/aromatic N) is 2.